The lowest BCUT2D eigenvalue weighted by Crippen LogP contribution is -2.31. The third-order valence-corrected chi connectivity index (χ3v) is 6.85. The lowest BCUT2D eigenvalue weighted by molar-refractivity contribution is 0.0602. The number of nitrogens with zero attached hydrogens (tertiary/aromatic N) is 2. The molecule has 39 heavy (non-hydrogen) atoms. The summed E-state index contributed by atoms with van der Waals surface area (Å²) in [4.78, 5) is 34.9. The minimum absolute atomic E-state index is 0.246. The smallest absolute Gasteiger partial charge is 0.339 e. The van der Waals surface area contributed by atoms with Crippen molar-refractivity contribution in [2.24, 2.45) is 4.99 Å². The van der Waals surface area contributed by atoms with E-state index >= 15 is 0 Å². The Bertz CT molecular complexity index is 1490. The summed E-state index contributed by atoms with van der Waals surface area (Å²) < 4.78 is 17.4. The van der Waals surface area contributed by atoms with E-state index in [2.05, 4.69) is 44.1 Å². The van der Waals surface area contributed by atoms with Gasteiger partial charge in [0.2, 0.25) is 0 Å². The number of esters is 1. The van der Waals surface area contributed by atoms with Crippen LogP contribution in [0.3, 0.4) is 0 Å². The second kappa shape index (κ2) is 9.84. The van der Waals surface area contributed by atoms with Crippen LogP contribution in [0.5, 0.6) is 11.5 Å². The molecule has 202 valence electrons. The predicted molar refractivity (Wildman–Crippen MR) is 149 cm³/mol. The number of aliphatic imine (C=N–C) groups is 1. The quantitative estimate of drug-likeness (QED) is 0.431. The second-order valence-corrected chi connectivity index (χ2v) is 11.1. The number of pyridine rings is 1. The molecule has 3 aromatic rings. The number of aromatic nitrogens is 1. The number of methoxy groups -OCH3 is 1. The summed E-state index contributed by atoms with van der Waals surface area (Å²) in [5.41, 5.74) is 4.96. The average Bonchev–Trinajstić information content (AvgIpc) is 3.23. The zero-order valence-corrected chi connectivity index (χ0v) is 23.2. The summed E-state index contributed by atoms with van der Waals surface area (Å²) in [6, 6.07) is 10.7. The minimum Gasteiger partial charge on any atom is -0.490 e. The molecule has 0 spiro atoms. The Kier molecular flexibility index (Phi) is 6.66. The van der Waals surface area contributed by atoms with Gasteiger partial charge >= 0.3 is 5.97 Å². The van der Waals surface area contributed by atoms with Crippen LogP contribution in [0.1, 0.15) is 77.6 Å². The molecule has 2 aliphatic heterocycles. The van der Waals surface area contributed by atoms with Gasteiger partial charge in [0, 0.05) is 35.5 Å². The highest BCUT2D eigenvalue weighted by atomic mass is 16.5. The van der Waals surface area contributed by atoms with Crippen LogP contribution < -0.4 is 14.8 Å². The monoisotopic (exact) mass is 527 g/mol. The van der Waals surface area contributed by atoms with Crippen molar-refractivity contribution in [3.05, 3.63) is 82.2 Å². The van der Waals surface area contributed by atoms with Gasteiger partial charge in [-0.05, 0) is 76.9 Å². The van der Waals surface area contributed by atoms with Crippen molar-refractivity contribution in [1.82, 2.24) is 4.98 Å². The van der Waals surface area contributed by atoms with Gasteiger partial charge in [-0.1, -0.05) is 6.07 Å². The maximum atomic E-state index is 13.0. The summed E-state index contributed by atoms with van der Waals surface area (Å²) in [5.74, 6) is 0.574. The highest BCUT2D eigenvalue weighted by molar-refractivity contribution is 6.17. The van der Waals surface area contributed by atoms with Crippen molar-refractivity contribution >= 4 is 23.3 Å². The molecule has 3 heterocycles. The van der Waals surface area contributed by atoms with Gasteiger partial charge in [0.15, 0.2) is 11.5 Å². The molecule has 1 N–H and O–H groups in total. The number of carbonyl (C=O) groups is 2. The van der Waals surface area contributed by atoms with Gasteiger partial charge in [0.1, 0.15) is 5.60 Å². The molecule has 0 radical (unpaired) electrons. The van der Waals surface area contributed by atoms with E-state index in [-0.39, 0.29) is 22.6 Å². The maximum Gasteiger partial charge on any atom is 0.339 e. The van der Waals surface area contributed by atoms with Crippen LogP contribution in [0.15, 0.2) is 53.8 Å². The standard InChI is InChI=1S/C31H33N3O5/c1-7-38-24-14-20-15-30(2,3)34-26(25(20)22-16-31(4,5)39-27(22)24)18-10-11-21(29(36)37-6)23(13-18)33-28(35)19-9-8-12-32-17-19/h8-14,17H,7,15-16H2,1-6H3,(H,33,35). The van der Waals surface area contributed by atoms with Crippen LogP contribution in [0.2, 0.25) is 0 Å². The molecule has 0 atom stereocenters. The number of fused-ring (bicyclic) bond motifs is 3. The molecule has 0 aliphatic carbocycles. The molecular weight excluding hydrogens is 494 g/mol. The number of anilines is 1. The Balaban J connectivity index is 1.66. The first-order valence-electron chi connectivity index (χ1n) is 13.1. The lowest BCUT2D eigenvalue weighted by Gasteiger charge is -2.31. The first-order valence-corrected chi connectivity index (χ1v) is 13.1. The van der Waals surface area contributed by atoms with E-state index in [9.17, 15) is 9.59 Å². The molecule has 0 unspecified atom stereocenters. The Morgan fingerprint density at radius 2 is 1.90 bits per heavy atom. The van der Waals surface area contributed by atoms with Gasteiger partial charge in [-0.15, -0.1) is 0 Å². The normalized spacial score (nSPS) is 16.3. The van der Waals surface area contributed by atoms with Gasteiger partial charge in [-0.25, -0.2) is 4.79 Å². The van der Waals surface area contributed by atoms with Crippen molar-refractivity contribution < 1.29 is 23.8 Å². The molecule has 0 bridgehead atoms. The zero-order chi connectivity index (χ0) is 27.9. The van der Waals surface area contributed by atoms with Crippen LogP contribution in [-0.4, -0.2) is 47.4 Å². The Labute approximate surface area is 228 Å². The molecule has 8 nitrogen and oxygen atoms in total. The van der Waals surface area contributed by atoms with E-state index < -0.39 is 5.97 Å². The van der Waals surface area contributed by atoms with Gasteiger partial charge in [-0.2, -0.15) is 0 Å². The fraction of sp³-hybridized carbons (Fsp3) is 0.355. The molecule has 1 aromatic heterocycles. The Morgan fingerprint density at radius 3 is 2.59 bits per heavy atom. The van der Waals surface area contributed by atoms with Gasteiger partial charge in [0.25, 0.3) is 5.91 Å². The number of benzene rings is 2. The lowest BCUT2D eigenvalue weighted by atomic mass is 9.80. The van der Waals surface area contributed by atoms with Gasteiger partial charge < -0.3 is 19.5 Å². The molecule has 2 aromatic carbocycles. The van der Waals surface area contributed by atoms with Crippen molar-refractivity contribution in [2.75, 3.05) is 19.0 Å². The molecule has 5 rings (SSSR count). The number of ether oxygens (including phenoxy) is 3. The molecule has 0 fully saturated rings. The number of carbonyl (C=O) groups excluding carboxylic acids is 2. The number of nitrogens with one attached hydrogen (secondary N) is 1. The van der Waals surface area contributed by atoms with Crippen LogP contribution in [0, 0.1) is 0 Å². The Morgan fingerprint density at radius 1 is 1.10 bits per heavy atom. The SMILES string of the molecule is CCOc1cc2c(c3c1OC(C)(C)C3)C(c1ccc(C(=O)OC)c(NC(=O)c3cccnc3)c1)=NC(C)(C)C2. The molecule has 8 heteroatoms. The van der Waals surface area contributed by atoms with Crippen molar-refractivity contribution in [2.45, 2.75) is 58.6 Å². The third kappa shape index (κ3) is 5.11. The molecule has 0 saturated heterocycles. The number of rotatable bonds is 6. The summed E-state index contributed by atoms with van der Waals surface area (Å²) in [7, 11) is 1.31. The highest BCUT2D eigenvalue weighted by Gasteiger charge is 2.40. The molecule has 2 aliphatic rings. The van der Waals surface area contributed by atoms with E-state index in [1.54, 1.807) is 30.5 Å². The van der Waals surface area contributed by atoms with Crippen LogP contribution in [0.25, 0.3) is 0 Å². The average molecular weight is 528 g/mol. The second-order valence-electron chi connectivity index (χ2n) is 11.1. The van der Waals surface area contributed by atoms with Crippen LogP contribution in [-0.2, 0) is 17.6 Å². The first-order chi connectivity index (χ1) is 18.5. The molecule has 0 saturated carbocycles. The predicted octanol–water partition coefficient (Wildman–Crippen LogP) is 5.40. The fourth-order valence-corrected chi connectivity index (χ4v) is 5.32. The zero-order valence-electron chi connectivity index (χ0n) is 23.2. The van der Waals surface area contributed by atoms with Crippen molar-refractivity contribution in [1.29, 1.82) is 0 Å². The number of hydrogen-bond donors (Lipinski definition) is 1. The summed E-state index contributed by atoms with van der Waals surface area (Å²) >= 11 is 0. The number of amides is 1. The molecular formula is C31H33N3O5. The third-order valence-electron chi connectivity index (χ3n) is 6.85. The largest absolute Gasteiger partial charge is 0.490 e. The highest BCUT2D eigenvalue weighted by Crippen LogP contribution is 2.48. The van der Waals surface area contributed by atoms with E-state index in [1.807, 2.05) is 13.0 Å². The first kappa shape index (κ1) is 26.4. The summed E-state index contributed by atoms with van der Waals surface area (Å²) in [6.07, 6.45) is 4.51. The molecule has 1 amide bonds. The summed E-state index contributed by atoms with van der Waals surface area (Å²) in [6.45, 7) is 10.8. The summed E-state index contributed by atoms with van der Waals surface area (Å²) in [5, 5.41) is 2.88. The van der Waals surface area contributed by atoms with E-state index in [0.29, 0.717) is 24.3 Å². The van der Waals surface area contributed by atoms with Gasteiger partial charge in [-0.3, -0.25) is 14.8 Å². The van der Waals surface area contributed by atoms with E-state index in [4.69, 9.17) is 19.2 Å². The van der Waals surface area contributed by atoms with Crippen molar-refractivity contribution in [3.8, 4) is 11.5 Å². The van der Waals surface area contributed by atoms with E-state index in [1.165, 1.54) is 13.3 Å². The van der Waals surface area contributed by atoms with Crippen LogP contribution >= 0.6 is 0 Å². The maximum absolute atomic E-state index is 13.0. The topological polar surface area (TPSA) is 99.1 Å². The minimum atomic E-state index is -0.549. The van der Waals surface area contributed by atoms with E-state index in [0.717, 1.165) is 45.9 Å². The van der Waals surface area contributed by atoms with Crippen LogP contribution in [0.4, 0.5) is 5.69 Å². The van der Waals surface area contributed by atoms with Crippen molar-refractivity contribution in [3.63, 3.8) is 0 Å². The van der Waals surface area contributed by atoms with Gasteiger partial charge in [0.05, 0.1) is 41.8 Å². The fourth-order valence-electron chi connectivity index (χ4n) is 5.32. The number of hydrogen-bond acceptors (Lipinski definition) is 7. The Hall–Kier alpha value is -4.20.